The first-order valence-corrected chi connectivity index (χ1v) is 9.32. The number of H-pyrrole nitrogens is 1. The van der Waals surface area contributed by atoms with E-state index in [0.717, 1.165) is 5.56 Å². The van der Waals surface area contributed by atoms with Gasteiger partial charge < -0.3 is 15.4 Å². The Hall–Kier alpha value is -3.17. The first kappa shape index (κ1) is 20.6. The van der Waals surface area contributed by atoms with E-state index in [0.29, 0.717) is 32.7 Å². The van der Waals surface area contributed by atoms with Crippen molar-refractivity contribution in [3.05, 3.63) is 52.3 Å². The van der Waals surface area contributed by atoms with Crippen LogP contribution in [0.3, 0.4) is 0 Å². The van der Waals surface area contributed by atoms with Crippen LogP contribution in [0.4, 0.5) is 11.4 Å². The number of ether oxygens (including phenoxy) is 1. The summed E-state index contributed by atoms with van der Waals surface area (Å²) >= 11 is 11.2. The summed E-state index contributed by atoms with van der Waals surface area (Å²) in [4.78, 5) is 24.0. The van der Waals surface area contributed by atoms with Gasteiger partial charge in [0.05, 0.1) is 12.8 Å². The molecule has 1 aromatic heterocycles. The lowest BCUT2D eigenvalue weighted by atomic mass is 10.2. The van der Waals surface area contributed by atoms with Crippen molar-refractivity contribution in [1.29, 1.82) is 0 Å². The fourth-order valence-electron chi connectivity index (χ4n) is 2.70. The molecule has 0 unspecified atom stereocenters. The summed E-state index contributed by atoms with van der Waals surface area (Å²) in [7, 11) is 1.50. The fraction of sp³-hybridized carbons (Fsp3) is 0.158. The van der Waals surface area contributed by atoms with Crippen molar-refractivity contribution >= 4 is 47.0 Å². The number of methoxy groups -OCH3 is 1. The number of benzene rings is 2. The summed E-state index contributed by atoms with van der Waals surface area (Å²) in [5.74, 6) is 0.455. The molecule has 3 aromatic rings. The van der Waals surface area contributed by atoms with E-state index in [1.165, 1.54) is 14.0 Å². The van der Waals surface area contributed by atoms with Crippen molar-refractivity contribution in [2.75, 3.05) is 17.7 Å². The SMILES string of the molecule is COc1ccc(NC(=O)Cn2c(-c3ccc(Cl)cc3)n[nH]c2=S)cc1NC(C)=O. The highest BCUT2D eigenvalue weighted by Crippen LogP contribution is 2.28. The Balaban J connectivity index is 1.80. The number of carbonyl (C=O) groups excluding carboxylic acids is 2. The van der Waals surface area contributed by atoms with E-state index in [2.05, 4.69) is 20.8 Å². The summed E-state index contributed by atoms with van der Waals surface area (Å²) < 4.78 is 7.12. The van der Waals surface area contributed by atoms with Crippen LogP contribution in [0.2, 0.25) is 5.02 Å². The predicted octanol–water partition coefficient (Wildman–Crippen LogP) is 3.87. The maximum atomic E-state index is 12.6. The number of hydrogen-bond acceptors (Lipinski definition) is 5. The molecule has 10 heteroatoms. The molecule has 0 fully saturated rings. The van der Waals surface area contributed by atoms with Crippen LogP contribution in [-0.4, -0.2) is 33.7 Å². The van der Waals surface area contributed by atoms with Crippen molar-refractivity contribution in [1.82, 2.24) is 14.8 Å². The lowest BCUT2D eigenvalue weighted by Gasteiger charge is -2.12. The normalized spacial score (nSPS) is 10.4. The average molecular weight is 432 g/mol. The molecular weight excluding hydrogens is 414 g/mol. The van der Waals surface area contributed by atoms with Crippen molar-refractivity contribution < 1.29 is 14.3 Å². The molecule has 2 amide bonds. The van der Waals surface area contributed by atoms with Gasteiger partial charge in [0.25, 0.3) is 0 Å². The molecule has 150 valence electrons. The van der Waals surface area contributed by atoms with Crippen LogP contribution >= 0.6 is 23.8 Å². The first-order valence-electron chi connectivity index (χ1n) is 8.54. The lowest BCUT2D eigenvalue weighted by Crippen LogP contribution is -2.19. The van der Waals surface area contributed by atoms with Gasteiger partial charge in [-0.2, -0.15) is 5.10 Å². The maximum absolute atomic E-state index is 12.6. The van der Waals surface area contributed by atoms with Gasteiger partial charge in [0, 0.05) is 23.2 Å². The van der Waals surface area contributed by atoms with E-state index in [4.69, 9.17) is 28.6 Å². The van der Waals surface area contributed by atoms with E-state index < -0.39 is 0 Å². The molecule has 2 aromatic carbocycles. The zero-order valence-corrected chi connectivity index (χ0v) is 17.2. The van der Waals surface area contributed by atoms with Crippen LogP contribution in [0.1, 0.15) is 6.92 Å². The summed E-state index contributed by atoms with van der Waals surface area (Å²) in [6.07, 6.45) is 0. The predicted molar refractivity (Wildman–Crippen MR) is 114 cm³/mol. The van der Waals surface area contributed by atoms with Gasteiger partial charge in [0.2, 0.25) is 11.8 Å². The van der Waals surface area contributed by atoms with Crippen LogP contribution in [0.15, 0.2) is 42.5 Å². The molecule has 8 nitrogen and oxygen atoms in total. The third kappa shape index (κ3) is 5.01. The third-order valence-electron chi connectivity index (χ3n) is 3.96. The Morgan fingerprint density at radius 1 is 1.21 bits per heavy atom. The van der Waals surface area contributed by atoms with Gasteiger partial charge in [0.15, 0.2) is 10.6 Å². The minimum atomic E-state index is -0.309. The molecule has 0 saturated heterocycles. The van der Waals surface area contributed by atoms with Crippen LogP contribution in [-0.2, 0) is 16.1 Å². The fourth-order valence-corrected chi connectivity index (χ4v) is 3.02. The maximum Gasteiger partial charge on any atom is 0.244 e. The Bertz CT molecular complexity index is 1110. The molecule has 0 spiro atoms. The molecule has 0 aliphatic rings. The molecule has 3 rings (SSSR count). The summed E-state index contributed by atoms with van der Waals surface area (Å²) in [5.41, 5.74) is 1.73. The van der Waals surface area contributed by atoms with Crippen LogP contribution < -0.4 is 15.4 Å². The van der Waals surface area contributed by atoms with Gasteiger partial charge >= 0.3 is 0 Å². The quantitative estimate of drug-likeness (QED) is 0.514. The second kappa shape index (κ2) is 8.89. The van der Waals surface area contributed by atoms with Gasteiger partial charge in [-0.15, -0.1) is 0 Å². The Morgan fingerprint density at radius 3 is 2.59 bits per heavy atom. The Labute approximate surface area is 176 Å². The zero-order valence-electron chi connectivity index (χ0n) is 15.7. The Morgan fingerprint density at radius 2 is 1.93 bits per heavy atom. The standard InChI is InChI=1S/C19H18ClN5O3S/c1-11(26)21-15-9-14(7-8-16(15)28-2)22-17(27)10-25-18(23-24-19(25)29)12-3-5-13(20)6-4-12/h3-9H,10H2,1-2H3,(H,21,26)(H,22,27)(H,24,29). The second-order valence-electron chi connectivity index (χ2n) is 6.09. The Kier molecular flexibility index (Phi) is 6.30. The summed E-state index contributed by atoms with van der Waals surface area (Å²) in [6, 6.07) is 12.0. The largest absolute Gasteiger partial charge is 0.495 e. The molecule has 3 N–H and O–H groups in total. The molecule has 0 aliphatic carbocycles. The van der Waals surface area contributed by atoms with Crippen molar-refractivity contribution in [2.24, 2.45) is 0 Å². The molecular formula is C19H18ClN5O3S. The van der Waals surface area contributed by atoms with Crippen LogP contribution in [0, 0.1) is 4.77 Å². The highest BCUT2D eigenvalue weighted by atomic mass is 35.5. The first-order chi connectivity index (χ1) is 13.9. The van der Waals surface area contributed by atoms with Crippen LogP contribution in [0.25, 0.3) is 11.4 Å². The van der Waals surface area contributed by atoms with Crippen molar-refractivity contribution in [2.45, 2.75) is 13.5 Å². The number of hydrogen-bond donors (Lipinski definition) is 3. The van der Waals surface area contributed by atoms with Crippen molar-refractivity contribution in [3.8, 4) is 17.1 Å². The van der Waals surface area contributed by atoms with Gasteiger partial charge in [-0.3, -0.25) is 19.3 Å². The van der Waals surface area contributed by atoms with Gasteiger partial charge in [-0.25, -0.2) is 0 Å². The molecule has 0 saturated carbocycles. The second-order valence-corrected chi connectivity index (χ2v) is 6.91. The molecule has 29 heavy (non-hydrogen) atoms. The third-order valence-corrected chi connectivity index (χ3v) is 4.52. The monoisotopic (exact) mass is 431 g/mol. The number of amides is 2. The number of halogens is 1. The number of aromatic nitrogens is 3. The zero-order chi connectivity index (χ0) is 21.0. The van der Waals surface area contributed by atoms with Gasteiger partial charge in [-0.1, -0.05) is 11.6 Å². The average Bonchev–Trinajstić information content (AvgIpc) is 3.02. The lowest BCUT2D eigenvalue weighted by molar-refractivity contribution is -0.117. The molecule has 1 heterocycles. The molecule has 0 radical (unpaired) electrons. The van der Waals surface area contributed by atoms with E-state index in [9.17, 15) is 9.59 Å². The van der Waals surface area contributed by atoms with Gasteiger partial charge in [0.1, 0.15) is 12.3 Å². The highest BCUT2D eigenvalue weighted by Gasteiger charge is 2.14. The van der Waals surface area contributed by atoms with E-state index >= 15 is 0 Å². The molecule has 0 atom stereocenters. The number of anilines is 2. The van der Waals surface area contributed by atoms with E-state index in [-0.39, 0.29) is 18.4 Å². The van der Waals surface area contributed by atoms with E-state index in [1.807, 2.05) is 0 Å². The number of carbonyl (C=O) groups is 2. The molecule has 0 bridgehead atoms. The summed E-state index contributed by atoms with van der Waals surface area (Å²) in [6.45, 7) is 1.35. The van der Waals surface area contributed by atoms with E-state index in [1.54, 1.807) is 47.0 Å². The minimum absolute atomic E-state index is 0.0468. The van der Waals surface area contributed by atoms with Crippen molar-refractivity contribution in [3.63, 3.8) is 0 Å². The number of rotatable bonds is 6. The molecule has 0 aliphatic heterocycles. The summed E-state index contributed by atoms with van der Waals surface area (Å²) in [5, 5.41) is 13.0. The number of aromatic amines is 1. The number of nitrogens with one attached hydrogen (secondary N) is 3. The minimum Gasteiger partial charge on any atom is -0.495 e. The highest BCUT2D eigenvalue weighted by molar-refractivity contribution is 7.71. The van der Waals surface area contributed by atoms with Crippen LogP contribution in [0.5, 0.6) is 5.75 Å². The topological polar surface area (TPSA) is 101 Å². The smallest absolute Gasteiger partial charge is 0.244 e. The number of nitrogens with zero attached hydrogens (tertiary/aromatic N) is 2. The van der Waals surface area contributed by atoms with Gasteiger partial charge in [-0.05, 0) is 54.7 Å².